The highest BCUT2D eigenvalue weighted by atomic mass is 16.4. The molecule has 0 aromatic carbocycles. The van der Waals surface area contributed by atoms with Gasteiger partial charge in [0.2, 0.25) is 0 Å². The maximum Gasteiger partial charge on any atom is 0.0417 e. The standard InChI is InChI=1S/C9H15NO2/c1-7(2)10-4-3-8(6-10)5-9(11)12/h8H,1,3-6H2,2H3,(H,11,12)/p-1. The molecule has 1 fully saturated rings. The Hall–Kier alpha value is -0.990. The second kappa shape index (κ2) is 3.61. The largest absolute Gasteiger partial charge is 0.550 e. The van der Waals surface area contributed by atoms with E-state index in [4.69, 9.17) is 0 Å². The van der Waals surface area contributed by atoms with Crippen LogP contribution in [0.1, 0.15) is 19.8 Å². The molecule has 0 N–H and O–H groups in total. The summed E-state index contributed by atoms with van der Waals surface area (Å²) in [4.78, 5) is 12.4. The predicted octanol–water partition coefficient (Wildman–Crippen LogP) is -0.0181. The summed E-state index contributed by atoms with van der Waals surface area (Å²) in [5.41, 5.74) is 1.02. The van der Waals surface area contributed by atoms with Gasteiger partial charge in [-0.05, 0) is 25.7 Å². The van der Waals surface area contributed by atoms with Crippen molar-refractivity contribution in [2.45, 2.75) is 19.8 Å². The van der Waals surface area contributed by atoms with E-state index < -0.39 is 5.97 Å². The van der Waals surface area contributed by atoms with Gasteiger partial charge in [-0.2, -0.15) is 0 Å². The fourth-order valence-corrected chi connectivity index (χ4v) is 1.58. The van der Waals surface area contributed by atoms with Crippen molar-refractivity contribution in [3.8, 4) is 0 Å². The average molecular weight is 168 g/mol. The van der Waals surface area contributed by atoms with E-state index in [-0.39, 0.29) is 12.3 Å². The van der Waals surface area contributed by atoms with Crippen molar-refractivity contribution in [3.05, 3.63) is 12.3 Å². The molecule has 12 heavy (non-hydrogen) atoms. The highest BCUT2D eigenvalue weighted by Crippen LogP contribution is 2.21. The second-order valence-electron chi connectivity index (χ2n) is 3.41. The summed E-state index contributed by atoms with van der Waals surface area (Å²) in [7, 11) is 0. The molecular weight excluding hydrogens is 154 g/mol. The Balaban J connectivity index is 2.35. The first-order chi connectivity index (χ1) is 5.59. The maximum atomic E-state index is 10.3. The number of carbonyl (C=O) groups excluding carboxylic acids is 1. The molecule has 0 saturated carbocycles. The molecule has 3 nitrogen and oxygen atoms in total. The summed E-state index contributed by atoms with van der Waals surface area (Å²) in [6.45, 7) is 7.52. The third kappa shape index (κ3) is 2.26. The van der Waals surface area contributed by atoms with Gasteiger partial charge in [0.05, 0.1) is 0 Å². The maximum absolute atomic E-state index is 10.3. The van der Waals surface area contributed by atoms with Crippen molar-refractivity contribution in [2.24, 2.45) is 5.92 Å². The van der Waals surface area contributed by atoms with Crippen LogP contribution >= 0.6 is 0 Å². The SMILES string of the molecule is C=C(C)N1CCC(CC(=O)[O-])C1. The number of hydrogen-bond donors (Lipinski definition) is 0. The van der Waals surface area contributed by atoms with Crippen LogP contribution in [0.2, 0.25) is 0 Å². The van der Waals surface area contributed by atoms with Gasteiger partial charge in [-0.1, -0.05) is 6.58 Å². The summed E-state index contributed by atoms with van der Waals surface area (Å²) in [5, 5.41) is 10.3. The Labute approximate surface area is 72.7 Å². The van der Waals surface area contributed by atoms with Crippen molar-refractivity contribution in [3.63, 3.8) is 0 Å². The van der Waals surface area contributed by atoms with Gasteiger partial charge in [-0.25, -0.2) is 0 Å². The van der Waals surface area contributed by atoms with Crippen LogP contribution < -0.4 is 5.11 Å². The molecule has 1 rings (SSSR count). The molecule has 0 aromatic rings. The molecule has 3 heteroatoms. The van der Waals surface area contributed by atoms with E-state index in [1.165, 1.54) is 0 Å². The Morgan fingerprint density at radius 2 is 2.42 bits per heavy atom. The Morgan fingerprint density at radius 3 is 2.83 bits per heavy atom. The van der Waals surface area contributed by atoms with Gasteiger partial charge in [-0.15, -0.1) is 0 Å². The summed E-state index contributed by atoms with van der Waals surface area (Å²) < 4.78 is 0. The first-order valence-electron chi connectivity index (χ1n) is 4.20. The van der Waals surface area contributed by atoms with Gasteiger partial charge < -0.3 is 14.8 Å². The van der Waals surface area contributed by atoms with Crippen LogP contribution in [0.25, 0.3) is 0 Å². The van der Waals surface area contributed by atoms with E-state index >= 15 is 0 Å². The molecule has 0 aliphatic carbocycles. The van der Waals surface area contributed by atoms with E-state index in [1.54, 1.807) is 0 Å². The zero-order valence-electron chi connectivity index (χ0n) is 7.38. The first-order valence-corrected chi connectivity index (χ1v) is 4.20. The molecule has 0 spiro atoms. The van der Waals surface area contributed by atoms with Gasteiger partial charge in [-0.3, -0.25) is 0 Å². The smallest absolute Gasteiger partial charge is 0.0417 e. The van der Waals surface area contributed by atoms with Crippen molar-refractivity contribution in [2.75, 3.05) is 13.1 Å². The van der Waals surface area contributed by atoms with Gasteiger partial charge >= 0.3 is 0 Å². The number of carboxylic acid groups (broad SMARTS) is 1. The van der Waals surface area contributed by atoms with Crippen LogP contribution in [0.5, 0.6) is 0 Å². The molecule has 1 heterocycles. The van der Waals surface area contributed by atoms with Gasteiger partial charge in [0.1, 0.15) is 0 Å². The molecule has 68 valence electrons. The molecular formula is C9H14NO2-. The molecule has 0 amide bonds. The fraction of sp³-hybridized carbons (Fsp3) is 0.667. The van der Waals surface area contributed by atoms with E-state index in [0.717, 1.165) is 25.2 Å². The minimum absolute atomic E-state index is 0.184. The average Bonchev–Trinajstić information content (AvgIpc) is 2.34. The molecule has 0 aromatic heterocycles. The number of carbonyl (C=O) groups is 1. The molecule has 0 radical (unpaired) electrons. The lowest BCUT2D eigenvalue weighted by Crippen LogP contribution is -2.26. The lowest BCUT2D eigenvalue weighted by atomic mass is 10.1. The minimum Gasteiger partial charge on any atom is -0.550 e. The van der Waals surface area contributed by atoms with E-state index in [0.29, 0.717) is 0 Å². The monoisotopic (exact) mass is 168 g/mol. The molecule has 1 unspecified atom stereocenters. The first kappa shape index (κ1) is 9.10. The van der Waals surface area contributed by atoms with Crippen LogP contribution in [0, 0.1) is 5.92 Å². The van der Waals surface area contributed by atoms with Crippen LogP contribution in [0.3, 0.4) is 0 Å². The number of nitrogens with zero attached hydrogens (tertiary/aromatic N) is 1. The quantitative estimate of drug-likeness (QED) is 0.595. The lowest BCUT2D eigenvalue weighted by molar-refractivity contribution is -0.306. The highest BCUT2D eigenvalue weighted by Gasteiger charge is 2.21. The number of hydrogen-bond acceptors (Lipinski definition) is 3. The minimum atomic E-state index is -0.941. The van der Waals surface area contributed by atoms with Gasteiger partial charge in [0.25, 0.3) is 0 Å². The van der Waals surface area contributed by atoms with E-state index in [9.17, 15) is 9.90 Å². The number of rotatable bonds is 3. The van der Waals surface area contributed by atoms with E-state index in [2.05, 4.69) is 11.5 Å². The fourth-order valence-electron chi connectivity index (χ4n) is 1.58. The topological polar surface area (TPSA) is 43.4 Å². The predicted molar refractivity (Wildman–Crippen MR) is 44.1 cm³/mol. The number of carboxylic acids is 1. The van der Waals surface area contributed by atoms with Gasteiger partial charge in [0, 0.05) is 24.8 Å². The molecule has 0 bridgehead atoms. The molecule has 1 saturated heterocycles. The number of aliphatic carboxylic acids is 1. The summed E-state index contributed by atoms with van der Waals surface area (Å²) >= 11 is 0. The van der Waals surface area contributed by atoms with E-state index in [1.807, 2.05) is 6.92 Å². The molecule has 1 atom stereocenters. The zero-order valence-corrected chi connectivity index (χ0v) is 7.38. The summed E-state index contributed by atoms with van der Waals surface area (Å²) in [6, 6.07) is 0. The lowest BCUT2D eigenvalue weighted by Gasteiger charge is -2.17. The second-order valence-corrected chi connectivity index (χ2v) is 3.41. The number of allylic oxidation sites excluding steroid dienone is 1. The van der Waals surface area contributed by atoms with Crippen LogP contribution in [0.15, 0.2) is 12.3 Å². The number of likely N-dealkylation sites (tertiary alicyclic amines) is 1. The zero-order chi connectivity index (χ0) is 9.14. The van der Waals surface area contributed by atoms with Crippen molar-refractivity contribution < 1.29 is 9.90 Å². The van der Waals surface area contributed by atoms with Crippen LogP contribution in [-0.4, -0.2) is 24.0 Å². The summed E-state index contributed by atoms with van der Waals surface area (Å²) in [5.74, 6) is -0.685. The third-order valence-electron chi connectivity index (χ3n) is 2.28. The van der Waals surface area contributed by atoms with Gasteiger partial charge in [0.15, 0.2) is 0 Å². The normalized spacial score (nSPS) is 22.8. The van der Waals surface area contributed by atoms with Crippen LogP contribution in [-0.2, 0) is 4.79 Å². The molecule has 1 aliphatic rings. The molecule has 1 aliphatic heterocycles. The van der Waals surface area contributed by atoms with Crippen molar-refractivity contribution in [1.29, 1.82) is 0 Å². The Kier molecular flexibility index (Phi) is 2.74. The highest BCUT2D eigenvalue weighted by molar-refractivity contribution is 5.64. The Morgan fingerprint density at radius 1 is 1.75 bits per heavy atom. The van der Waals surface area contributed by atoms with Crippen LogP contribution in [0.4, 0.5) is 0 Å². The van der Waals surface area contributed by atoms with Crippen molar-refractivity contribution in [1.82, 2.24) is 4.90 Å². The van der Waals surface area contributed by atoms with Crippen molar-refractivity contribution >= 4 is 5.97 Å². The third-order valence-corrected chi connectivity index (χ3v) is 2.28. The summed E-state index contributed by atoms with van der Waals surface area (Å²) in [6.07, 6.45) is 1.13. The Bertz CT molecular complexity index is 201.